The Morgan fingerprint density at radius 3 is 2.58 bits per heavy atom. The molecule has 4 heteroatoms. The van der Waals surface area contributed by atoms with Crippen LogP contribution in [0.4, 0.5) is 0 Å². The lowest BCUT2D eigenvalue weighted by molar-refractivity contribution is -0.142. The fourth-order valence-electron chi connectivity index (χ4n) is 2.59. The van der Waals surface area contributed by atoms with E-state index in [4.69, 9.17) is 16.3 Å². The lowest BCUT2D eigenvalue weighted by Crippen LogP contribution is -2.33. The van der Waals surface area contributed by atoms with E-state index in [0.29, 0.717) is 17.6 Å². The van der Waals surface area contributed by atoms with Gasteiger partial charge in [0.1, 0.15) is 0 Å². The first-order chi connectivity index (χ1) is 9.20. The molecule has 0 spiro atoms. The fourth-order valence-corrected chi connectivity index (χ4v) is 2.72. The maximum atomic E-state index is 11.9. The van der Waals surface area contributed by atoms with E-state index in [9.17, 15) is 4.79 Å². The topological polar surface area (TPSA) is 38.3 Å². The zero-order chi connectivity index (χ0) is 13.7. The van der Waals surface area contributed by atoms with Gasteiger partial charge in [-0.2, -0.15) is 0 Å². The Kier molecular flexibility index (Phi) is 5.23. The largest absolute Gasteiger partial charge is 0.469 e. The summed E-state index contributed by atoms with van der Waals surface area (Å²) in [5, 5.41) is 4.15. The average Bonchev–Trinajstić information content (AvgIpc) is 2.93. The molecular weight excluding hydrogens is 262 g/mol. The minimum Gasteiger partial charge on any atom is -0.469 e. The number of rotatable bonds is 5. The van der Waals surface area contributed by atoms with Crippen molar-refractivity contribution < 1.29 is 9.53 Å². The van der Waals surface area contributed by atoms with Gasteiger partial charge in [0.05, 0.1) is 13.0 Å². The highest BCUT2D eigenvalue weighted by Gasteiger charge is 2.23. The molecule has 0 heterocycles. The Morgan fingerprint density at radius 2 is 2.00 bits per heavy atom. The minimum absolute atomic E-state index is 0.201. The quantitative estimate of drug-likeness (QED) is 0.843. The number of nitrogens with one attached hydrogen (secondary N) is 1. The van der Waals surface area contributed by atoms with Crippen LogP contribution in [-0.4, -0.2) is 25.7 Å². The molecule has 1 N–H and O–H groups in total. The van der Waals surface area contributed by atoms with E-state index >= 15 is 0 Å². The van der Waals surface area contributed by atoms with Gasteiger partial charge in [-0.1, -0.05) is 36.6 Å². The second-order valence-corrected chi connectivity index (χ2v) is 5.45. The Balaban J connectivity index is 2.02. The Labute approximate surface area is 119 Å². The van der Waals surface area contributed by atoms with Crippen molar-refractivity contribution in [2.75, 3.05) is 13.7 Å². The number of methoxy groups -OCH3 is 1. The highest BCUT2D eigenvalue weighted by molar-refractivity contribution is 6.30. The normalized spacial score (nSPS) is 17.4. The lowest BCUT2D eigenvalue weighted by atomic mass is 9.99. The van der Waals surface area contributed by atoms with E-state index in [0.717, 1.165) is 5.56 Å². The van der Waals surface area contributed by atoms with Crippen molar-refractivity contribution in [2.45, 2.75) is 37.6 Å². The standard InChI is InChI=1S/C15H20ClNO2/c1-19-15(18)14(10-17-13-4-2-3-5-13)11-6-8-12(16)9-7-11/h6-9,13-14,17H,2-5,10H2,1H3. The molecule has 1 aliphatic rings. The van der Waals surface area contributed by atoms with Crippen LogP contribution in [0.25, 0.3) is 0 Å². The third kappa shape index (κ3) is 3.95. The van der Waals surface area contributed by atoms with E-state index in [2.05, 4.69) is 5.32 Å². The summed E-state index contributed by atoms with van der Waals surface area (Å²) in [5.74, 6) is -0.462. The number of carbonyl (C=O) groups excluding carboxylic acids is 1. The van der Waals surface area contributed by atoms with Crippen molar-refractivity contribution in [1.29, 1.82) is 0 Å². The summed E-state index contributed by atoms with van der Waals surface area (Å²) in [4.78, 5) is 11.9. The summed E-state index contributed by atoms with van der Waals surface area (Å²) >= 11 is 5.88. The maximum absolute atomic E-state index is 11.9. The van der Waals surface area contributed by atoms with E-state index in [-0.39, 0.29) is 11.9 Å². The van der Waals surface area contributed by atoms with Crippen molar-refractivity contribution in [3.63, 3.8) is 0 Å². The van der Waals surface area contributed by atoms with Gasteiger partial charge in [-0.25, -0.2) is 0 Å². The molecule has 0 amide bonds. The fraction of sp³-hybridized carbons (Fsp3) is 0.533. The molecule has 2 rings (SSSR count). The summed E-state index contributed by atoms with van der Waals surface area (Å²) < 4.78 is 4.90. The predicted octanol–water partition coefficient (Wildman–Crippen LogP) is 3.13. The van der Waals surface area contributed by atoms with Gasteiger partial charge in [0.25, 0.3) is 0 Å². The number of carbonyl (C=O) groups is 1. The van der Waals surface area contributed by atoms with Crippen molar-refractivity contribution in [3.8, 4) is 0 Å². The van der Waals surface area contributed by atoms with Crippen molar-refractivity contribution in [3.05, 3.63) is 34.9 Å². The van der Waals surface area contributed by atoms with Crippen molar-refractivity contribution in [2.24, 2.45) is 0 Å². The zero-order valence-corrected chi connectivity index (χ0v) is 12.0. The summed E-state index contributed by atoms with van der Waals surface area (Å²) in [6.07, 6.45) is 4.96. The number of hydrogen-bond acceptors (Lipinski definition) is 3. The molecule has 1 atom stereocenters. The van der Waals surface area contributed by atoms with Crippen LogP contribution in [0.15, 0.2) is 24.3 Å². The number of benzene rings is 1. The monoisotopic (exact) mass is 281 g/mol. The third-order valence-electron chi connectivity index (χ3n) is 3.72. The van der Waals surface area contributed by atoms with Crippen LogP contribution in [0.5, 0.6) is 0 Å². The van der Waals surface area contributed by atoms with Gasteiger partial charge >= 0.3 is 5.97 Å². The van der Waals surface area contributed by atoms with Gasteiger partial charge in [0.15, 0.2) is 0 Å². The molecule has 0 aliphatic heterocycles. The molecule has 0 aromatic heterocycles. The molecule has 1 aromatic rings. The van der Waals surface area contributed by atoms with Gasteiger partial charge in [0.2, 0.25) is 0 Å². The van der Waals surface area contributed by atoms with Gasteiger partial charge in [-0.3, -0.25) is 4.79 Å². The van der Waals surface area contributed by atoms with Crippen LogP contribution in [-0.2, 0) is 9.53 Å². The molecule has 3 nitrogen and oxygen atoms in total. The smallest absolute Gasteiger partial charge is 0.314 e. The SMILES string of the molecule is COC(=O)C(CNC1CCCC1)c1ccc(Cl)cc1. The van der Waals surface area contributed by atoms with E-state index in [1.54, 1.807) is 0 Å². The first kappa shape index (κ1) is 14.4. The van der Waals surface area contributed by atoms with Crippen LogP contribution in [0.3, 0.4) is 0 Å². The second-order valence-electron chi connectivity index (χ2n) is 5.02. The highest BCUT2D eigenvalue weighted by Crippen LogP contribution is 2.22. The van der Waals surface area contributed by atoms with Crippen LogP contribution in [0.2, 0.25) is 5.02 Å². The van der Waals surface area contributed by atoms with Gasteiger partial charge < -0.3 is 10.1 Å². The first-order valence-corrected chi connectivity index (χ1v) is 7.15. The summed E-state index contributed by atoms with van der Waals surface area (Å²) in [6, 6.07) is 7.94. The number of ether oxygens (including phenoxy) is 1. The molecule has 0 saturated heterocycles. The molecule has 1 fully saturated rings. The van der Waals surface area contributed by atoms with Crippen LogP contribution in [0.1, 0.15) is 37.2 Å². The van der Waals surface area contributed by atoms with E-state index < -0.39 is 0 Å². The van der Waals surface area contributed by atoms with E-state index in [1.165, 1.54) is 32.8 Å². The molecule has 0 bridgehead atoms. The number of hydrogen-bond donors (Lipinski definition) is 1. The molecule has 1 saturated carbocycles. The molecule has 0 radical (unpaired) electrons. The molecule has 1 aliphatic carbocycles. The van der Waals surface area contributed by atoms with Crippen LogP contribution < -0.4 is 5.32 Å². The van der Waals surface area contributed by atoms with Crippen LogP contribution >= 0.6 is 11.6 Å². The highest BCUT2D eigenvalue weighted by atomic mass is 35.5. The Bertz CT molecular complexity index is 413. The van der Waals surface area contributed by atoms with Crippen molar-refractivity contribution in [1.82, 2.24) is 5.32 Å². The average molecular weight is 282 g/mol. The van der Waals surface area contributed by atoms with E-state index in [1.807, 2.05) is 24.3 Å². The lowest BCUT2D eigenvalue weighted by Gasteiger charge is -2.19. The van der Waals surface area contributed by atoms with Gasteiger partial charge in [-0.05, 0) is 30.5 Å². The molecule has 104 valence electrons. The molecule has 1 unspecified atom stereocenters. The van der Waals surface area contributed by atoms with Crippen molar-refractivity contribution >= 4 is 17.6 Å². The first-order valence-electron chi connectivity index (χ1n) is 6.77. The third-order valence-corrected chi connectivity index (χ3v) is 3.98. The Morgan fingerprint density at radius 1 is 1.37 bits per heavy atom. The summed E-state index contributed by atoms with van der Waals surface area (Å²) in [7, 11) is 1.43. The molecule has 19 heavy (non-hydrogen) atoms. The molecular formula is C15H20ClNO2. The second kappa shape index (κ2) is 6.92. The summed E-state index contributed by atoms with van der Waals surface area (Å²) in [6.45, 7) is 0.624. The predicted molar refractivity (Wildman–Crippen MR) is 76.5 cm³/mol. The number of esters is 1. The van der Waals surface area contributed by atoms with Gasteiger partial charge in [-0.15, -0.1) is 0 Å². The summed E-state index contributed by atoms with van der Waals surface area (Å²) in [5.41, 5.74) is 0.946. The minimum atomic E-state index is -0.261. The van der Waals surface area contributed by atoms with Gasteiger partial charge in [0, 0.05) is 17.6 Å². The number of halogens is 1. The maximum Gasteiger partial charge on any atom is 0.314 e. The Hall–Kier alpha value is -1.06. The molecule has 1 aromatic carbocycles. The zero-order valence-electron chi connectivity index (χ0n) is 11.2. The van der Waals surface area contributed by atoms with Crippen LogP contribution in [0, 0.1) is 0 Å².